The van der Waals surface area contributed by atoms with E-state index < -0.39 is 57.2 Å². The number of allylic oxidation sites excluding steroid dienone is 8. The fourth-order valence-corrected chi connectivity index (χ4v) is 5.73. The number of hydrogen-bond acceptors (Lipinski definition) is 10. The van der Waals surface area contributed by atoms with Crippen LogP contribution < -0.4 is 5.73 Å². The van der Waals surface area contributed by atoms with Gasteiger partial charge in [0, 0.05) is 12.8 Å². The molecule has 0 aliphatic carbocycles. The Hall–Kier alpha value is -2.86. The minimum Gasteiger partial charge on any atom is -0.480 e. The summed E-state index contributed by atoms with van der Waals surface area (Å²) in [6.45, 7) is 2.52. The van der Waals surface area contributed by atoms with Gasteiger partial charge in [-0.25, -0.2) is 4.57 Å². The molecule has 0 bridgehead atoms. The lowest BCUT2D eigenvalue weighted by Gasteiger charge is -2.20. The van der Waals surface area contributed by atoms with Crippen LogP contribution in [0.3, 0.4) is 0 Å². The zero-order chi connectivity index (χ0) is 40.1. The molecule has 0 radical (unpaired) electrons. The Labute approximate surface area is 324 Å². The molecule has 0 rings (SSSR count). The molecule has 13 heteroatoms. The van der Waals surface area contributed by atoms with Crippen LogP contribution in [0.4, 0.5) is 0 Å². The molecule has 0 amide bonds. The summed E-state index contributed by atoms with van der Waals surface area (Å²) in [5.74, 6) is -2.51. The summed E-state index contributed by atoms with van der Waals surface area (Å²) in [7, 11) is -4.74. The second-order valence-corrected chi connectivity index (χ2v) is 14.7. The fourth-order valence-electron chi connectivity index (χ4n) is 4.95. The molecule has 310 valence electrons. The van der Waals surface area contributed by atoms with E-state index in [1.165, 1.54) is 51.4 Å². The van der Waals surface area contributed by atoms with Gasteiger partial charge in [0.15, 0.2) is 6.10 Å². The molecule has 0 aromatic carbocycles. The number of aliphatic hydroxyl groups is 1. The second-order valence-electron chi connectivity index (χ2n) is 13.2. The highest BCUT2D eigenvalue weighted by Crippen LogP contribution is 2.43. The molecule has 4 atom stereocenters. The molecular weight excluding hydrogens is 713 g/mol. The van der Waals surface area contributed by atoms with E-state index in [1.54, 1.807) is 6.08 Å². The van der Waals surface area contributed by atoms with Gasteiger partial charge in [0.1, 0.15) is 12.6 Å². The first-order chi connectivity index (χ1) is 26.0. The number of carboxylic acids is 1. The van der Waals surface area contributed by atoms with Crippen LogP contribution in [0.15, 0.2) is 60.8 Å². The maximum atomic E-state index is 12.6. The number of phosphoric acid groups is 1. The molecule has 0 spiro atoms. The normalized spacial score (nSPS) is 15.1. The van der Waals surface area contributed by atoms with Crippen LogP contribution in [-0.4, -0.2) is 71.1 Å². The highest BCUT2D eigenvalue weighted by molar-refractivity contribution is 7.47. The van der Waals surface area contributed by atoms with Gasteiger partial charge in [-0.3, -0.25) is 23.4 Å². The van der Waals surface area contributed by atoms with E-state index in [1.807, 2.05) is 42.5 Å². The number of rotatable bonds is 36. The number of carbonyl (C=O) groups excluding carboxylic acids is 2. The molecule has 0 fully saturated rings. The van der Waals surface area contributed by atoms with Gasteiger partial charge >= 0.3 is 25.7 Å². The monoisotopic (exact) mass is 783 g/mol. The Morgan fingerprint density at radius 1 is 0.685 bits per heavy atom. The first-order valence-electron chi connectivity index (χ1n) is 19.9. The van der Waals surface area contributed by atoms with Crippen molar-refractivity contribution in [2.75, 3.05) is 19.8 Å². The van der Waals surface area contributed by atoms with E-state index in [0.717, 1.165) is 32.1 Å². The topological polar surface area (TPSA) is 192 Å². The fraction of sp³-hybridized carbons (Fsp3) is 0.683. The van der Waals surface area contributed by atoms with Gasteiger partial charge in [-0.05, 0) is 44.9 Å². The van der Waals surface area contributed by atoms with Crippen LogP contribution in [0.5, 0.6) is 0 Å². The van der Waals surface area contributed by atoms with Gasteiger partial charge in [0.2, 0.25) is 0 Å². The van der Waals surface area contributed by atoms with Crippen molar-refractivity contribution < 1.29 is 52.6 Å². The third-order valence-corrected chi connectivity index (χ3v) is 9.06. The van der Waals surface area contributed by atoms with Crippen LogP contribution in [0.2, 0.25) is 0 Å². The molecule has 0 aromatic heterocycles. The number of carboxylic acid groups (broad SMARTS) is 1. The molecule has 54 heavy (non-hydrogen) atoms. The molecule has 5 N–H and O–H groups in total. The van der Waals surface area contributed by atoms with Crippen LogP contribution in [0.25, 0.3) is 0 Å². The van der Waals surface area contributed by atoms with Gasteiger partial charge in [-0.2, -0.15) is 0 Å². The predicted octanol–water partition coefficient (Wildman–Crippen LogP) is 8.97. The lowest BCUT2D eigenvalue weighted by Crippen LogP contribution is -2.34. The molecule has 2 unspecified atom stereocenters. The molecule has 0 heterocycles. The zero-order valence-electron chi connectivity index (χ0n) is 32.9. The van der Waals surface area contributed by atoms with Crippen molar-refractivity contribution in [3.63, 3.8) is 0 Å². The third-order valence-electron chi connectivity index (χ3n) is 8.11. The summed E-state index contributed by atoms with van der Waals surface area (Å²) in [5, 5.41) is 18.9. The quantitative estimate of drug-likeness (QED) is 0.0155. The van der Waals surface area contributed by atoms with Gasteiger partial charge < -0.3 is 30.3 Å². The first-order valence-corrected chi connectivity index (χ1v) is 21.4. The number of esters is 2. The van der Waals surface area contributed by atoms with Gasteiger partial charge in [-0.15, -0.1) is 0 Å². The Balaban J connectivity index is 4.60. The molecule has 0 aromatic rings. The van der Waals surface area contributed by atoms with E-state index in [9.17, 15) is 28.9 Å². The smallest absolute Gasteiger partial charge is 0.472 e. The summed E-state index contributed by atoms with van der Waals surface area (Å²) in [4.78, 5) is 45.8. The molecular formula is C41H70NO11P. The lowest BCUT2D eigenvalue weighted by atomic mass is 10.0. The molecule has 0 saturated heterocycles. The number of aliphatic carboxylic acids is 1. The Morgan fingerprint density at radius 2 is 1.26 bits per heavy atom. The first kappa shape index (κ1) is 51.1. The number of nitrogens with two attached hydrogens (primary N) is 1. The van der Waals surface area contributed by atoms with Gasteiger partial charge in [0.25, 0.3) is 0 Å². The van der Waals surface area contributed by atoms with Crippen molar-refractivity contribution in [3.05, 3.63) is 60.8 Å². The van der Waals surface area contributed by atoms with E-state index in [0.29, 0.717) is 32.1 Å². The van der Waals surface area contributed by atoms with E-state index in [-0.39, 0.29) is 19.4 Å². The van der Waals surface area contributed by atoms with Gasteiger partial charge in [-0.1, -0.05) is 145 Å². The molecule has 12 nitrogen and oxygen atoms in total. The lowest BCUT2D eigenvalue weighted by molar-refractivity contribution is -0.161. The molecule has 0 aliphatic rings. The largest absolute Gasteiger partial charge is 0.480 e. The van der Waals surface area contributed by atoms with Crippen molar-refractivity contribution in [2.24, 2.45) is 5.73 Å². The predicted molar refractivity (Wildman–Crippen MR) is 214 cm³/mol. The van der Waals surface area contributed by atoms with Crippen LogP contribution in [0.1, 0.15) is 142 Å². The van der Waals surface area contributed by atoms with Crippen molar-refractivity contribution in [1.82, 2.24) is 0 Å². The Morgan fingerprint density at radius 3 is 1.91 bits per heavy atom. The zero-order valence-corrected chi connectivity index (χ0v) is 33.8. The summed E-state index contributed by atoms with van der Waals surface area (Å²) in [6, 6.07) is -1.54. The summed E-state index contributed by atoms with van der Waals surface area (Å²) >= 11 is 0. The number of hydrogen-bond donors (Lipinski definition) is 4. The van der Waals surface area contributed by atoms with Crippen LogP contribution in [0, 0.1) is 0 Å². The summed E-state index contributed by atoms with van der Waals surface area (Å²) < 4.78 is 32.5. The number of carbonyl (C=O) groups is 3. The maximum absolute atomic E-state index is 12.6. The number of ether oxygens (including phenoxy) is 2. The average Bonchev–Trinajstić information content (AvgIpc) is 3.14. The van der Waals surface area contributed by atoms with Crippen molar-refractivity contribution in [3.8, 4) is 0 Å². The minimum absolute atomic E-state index is 0.0498. The number of unbranched alkanes of at least 4 members (excludes halogenated alkanes) is 12. The van der Waals surface area contributed by atoms with Crippen LogP contribution >= 0.6 is 7.82 Å². The van der Waals surface area contributed by atoms with Gasteiger partial charge in [0.05, 0.1) is 19.3 Å². The SMILES string of the molecule is CC/C=C\C/C=C\CC(O)/C=C/C=C\C/C=C\CCCC(=O)O[C@H](COC(=O)CCCCCCCCCCCCCC)COP(=O)(O)OC[C@H](N)C(=O)O. The highest BCUT2D eigenvalue weighted by atomic mass is 31.2. The maximum Gasteiger partial charge on any atom is 0.472 e. The van der Waals surface area contributed by atoms with Crippen molar-refractivity contribution >= 4 is 25.7 Å². The Bertz CT molecular complexity index is 1170. The van der Waals surface area contributed by atoms with Crippen molar-refractivity contribution in [2.45, 2.75) is 161 Å². The molecule has 0 aliphatic heterocycles. The Kier molecular flexibility index (Phi) is 33.9. The van der Waals surface area contributed by atoms with E-state index in [2.05, 4.69) is 30.5 Å². The highest BCUT2D eigenvalue weighted by Gasteiger charge is 2.28. The number of aliphatic hydroxyl groups excluding tert-OH is 1. The summed E-state index contributed by atoms with van der Waals surface area (Å²) in [5.41, 5.74) is 5.31. The average molecular weight is 784 g/mol. The van der Waals surface area contributed by atoms with Crippen LogP contribution in [-0.2, 0) is 37.5 Å². The third kappa shape index (κ3) is 34.9. The minimum atomic E-state index is -4.74. The van der Waals surface area contributed by atoms with E-state index >= 15 is 0 Å². The van der Waals surface area contributed by atoms with Crippen molar-refractivity contribution in [1.29, 1.82) is 0 Å². The number of phosphoric ester groups is 1. The molecule has 0 saturated carbocycles. The standard InChI is InChI=1S/C41H70NO11P/c1-3-5-7-9-11-12-13-14-15-19-23-27-31-39(44)50-33-37(34-51-54(48,49)52-35-38(42)41(46)47)53-40(45)32-28-24-20-17-16-18-22-26-30-36(43)29-25-21-10-8-6-4-2/h6,8,17-18,20-22,25-26,30,36-38,43H,3-5,7,9-16,19,23-24,27-29,31-35,42H2,1-2H3,(H,46,47)(H,48,49)/b8-6-,20-17-,22-18-,25-21-,30-26+/t36?,37-,38+/m1/s1. The summed E-state index contributed by atoms with van der Waals surface area (Å²) in [6.07, 6.45) is 36.1. The second kappa shape index (κ2) is 35.8. The van der Waals surface area contributed by atoms with E-state index in [4.69, 9.17) is 24.8 Å².